The van der Waals surface area contributed by atoms with Gasteiger partial charge in [0.2, 0.25) is 0 Å². The van der Waals surface area contributed by atoms with Crippen molar-refractivity contribution in [2.24, 2.45) is 0 Å². The Morgan fingerprint density at radius 2 is 1.78 bits per heavy atom. The van der Waals surface area contributed by atoms with Gasteiger partial charge < -0.3 is 10.1 Å². The Kier molecular flexibility index (Phi) is 7.87. The van der Waals surface area contributed by atoms with Crippen LogP contribution in [0.1, 0.15) is 21.5 Å². The van der Waals surface area contributed by atoms with Crippen LogP contribution in [0, 0.1) is 0 Å². The number of methoxy groups -OCH3 is 1. The van der Waals surface area contributed by atoms with E-state index in [1.54, 1.807) is 18.9 Å². The Hall–Kier alpha value is -2.31. The first-order valence-corrected chi connectivity index (χ1v) is 12.1. The van der Waals surface area contributed by atoms with E-state index in [-0.39, 0.29) is 11.8 Å². The standard InChI is InChI=1S/C26H27ClN2O2S/c1-31-22-12-8-20(9-13-22)18-32-25-5-3-2-4-23(25)26(30)24-16-28-14-15-29(24)17-19-6-10-21(27)11-7-19/h2-13,24,28H,14-18H2,1H3. The zero-order chi connectivity index (χ0) is 22.3. The Balaban J connectivity index is 1.49. The highest BCUT2D eigenvalue weighted by Crippen LogP contribution is 2.29. The van der Waals surface area contributed by atoms with Crippen LogP contribution in [0.15, 0.2) is 77.7 Å². The molecule has 1 heterocycles. The summed E-state index contributed by atoms with van der Waals surface area (Å²) in [6.07, 6.45) is 0. The molecule has 4 nitrogen and oxygen atoms in total. The molecule has 1 atom stereocenters. The monoisotopic (exact) mass is 466 g/mol. The first-order valence-electron chi connectivity index (χ1n) is 10.7. The van der Waals surface area contributed by atoms with Gasteiger partial charge in [0, 0.05) is 47.4 Å². The van der Waals surface area contributed by atoms with E-state index >= 15 is 0 Å². The summed E-state index contributed by atoms with van der Waals surface area (Å²) in [7, 11) is 1.67. The number of benzene rings is 3. The average Bonchev–Trinajstić information content (AvgIpc) is 2.84. The lowest BCUT2D eigenvalue weighted by Gasteiger charge is -2.35. The average molecular weight is 467 g/mol. The molecule has 1 saturated heterocycles. The van der Waals surface area contributed by atoms with E-state index in [1.165, 1.54) is 5.56 Å². The lowest BCUT2D eigenvalue weighted by Crippen LogP contribution is -2.54. The third kappa shape index (κ3) is 5.73. The molecule has 1 fully saturated rings. The van der Waals surface area contributed by atoms with Crippen LogP contribution in [0.4, 0.5) is 0 Å². The number of ether oxygens (including phenoxy) is 1. The summed E-state index contributed by atoms with van der Waals surface area (Å²) in [6.45, 7) is 3.10. The van der Waals surface area contributed by atoms with Crippen molar-refractivity contribution in [2.75, 3.05) is 26.7 Å². The summed E-state index contributed by atoms with van der Waals surface area (Å²) in [5.41, 5.74) is 3.15. The highest BCUT2D eigenvalue weighted by Gasteiger charge is 2.30. The molecule has 0 aromatic heterocycles. The molecule has 3 aromatic rings. The van der Waals surface area contributed by atoms with Crippen molar-refractivity contribution in [1.82, 2.24) is 10.2 Å². The van der Waals surface area contributed by atoms with Gasteiger partial charge in [-0.2, -0.15) is 0 Å². The second kappa shape index (κ2) is 11.0. The van der Waals surface area contributed by atoms with E-state index in [1.807, 2.05) is 60.7 Å². The van der Waals surface area contributed by atoms with Gasteiger partial charge in [-0.25, -0.2) is 0 Å². The number of carbonyl (C=O) groups is 1. The Morgan fingerprint density at radius 1 is 1.06 bits per heavy atom. The maximum Gasteiger partial charge on any atom is 0.182 e. The van der Waals surface area contributed by atoms with Crippen molar-refractivity contribution in [3.63, 3.8) is 0 Å². The minimum absolute atomic E-state index is 0.170. The first-order chi connectivity index (χ1) is 15.6. The number of piperazine rings is 1. The summed E-state index contributed by atoms with van der Waals surface area (Å²) >= 11 is 7.73. The SMILES string of the molecule is COc1ccc(CSc2ccccc2C(=O)C2CNCCN2Cc2ccc(Cl)cc2)cc1. The molecule has 3 aromatic carbocycles. The maximum absolute atomic E-state index is 13.6. The van der Waals surface area contributed by atoms with Crippen LogP contribution in [-0.2, 0) is 12.3 Å². The lowest BCUT2D eigenvalue weighted by atomic mass is 10.0. The number of hydrogen-bond acceptors (Lipinski definition) is 5. The van der Waals surface area contributed by atoms with Crippen LogP contribution < -0.4 is 10.1 Å². The van der Waals surface area contributed by atoms with Crippen LogP contribution in [0.3, 0.4) is 0 Å². The topological polar surface area (TPSA) is 41.6 Å². The molecule has 0 amide bonds. The second-order valence-corrected chi connectivity index (χ2v) is 9.27. The number of rotatable bonds is 8. The maximum atomic E-state index is 13.6. The number of hydrogen-bond donors (Lipinski definition) is 1. The van der Waals surface area contributed by atoms with Gasteiger partial charge in [-0.05, 0) is 41.5 Å². The van der Waals surface area contributed by atoms with Gasteiger partial charge >= 0.3 is 0 Å². The molecule has 32 heavy (non-hydrogen) atoms. The predicted octanol–water partition coefficient (Wildman–Crippen LogP) is 5.30. The van der Waals surface area contributed by atoms with Crippen molar-refractivity contribution in [3.05, 3.63) is 94.5 Å². The predicted molar refractivity (Wildman–Crippen MR) is 132 cm³/mol. The van der Waals surface area contributed by atoms with Gasteiger partial charge in [-0.3, -0.25) is 9.69 Å². The highest BCUT2D eigenvalue weighted by molar-refractivity contribution is 7.98. The molecule has 166 valence electrons. The number of ketones is 1. The molecule has 6 heteroatoms. The third-order valence-corrected chi connectivity index (χ3v) is 7.06. The summed E-state index contributed by atoms with van der Waals surface area (Å²) in [6, 6.07) is 23.7. The first kappa shape index (κ1) is 22.9. The van der Waals surface area contributed by atoms with Crippen LogP contribution in [-0.4, -0.2) is 43.5 Å². The molecule has 1 aliphatic heterocycles. The van der Waals surface area contributed by atoms with Gasteiger partial charge in [0.05, 0.1) is 13.2 Å². The van der Waals surface area contributed by atoms with Gasteiger partial charge in [0.1, 0.15) is 5.75 Å². The highest BCUT2D eigenvalue weighted by atomic mass is 35.5. The zero-order valence-electron chi connectivity index (χ0n) is 18.1. The quantitative estimate of drug-likeness (QED) is 0.360. The molecular weight excluding hydrogens is 440 g/mol. The molecular formula is C26H27ClN2O2S. The molecule has 0 aliphatic carbocycles. The minimum atomic E-state index is -0.192. The molecule has 4 rings (SSSR count). The van der Waals surface area contributed by atoms with E-state index in [0.29, 0.717) is 6.54 Å². The van der Waals surface area contributed by atoms with Crippen molar-refractivity contribution in [1.29, 1.82) is 0 Å². The van der Waals surface area contributed by atoms with Gasteiger partial charge in [0.15, 0.2) is 5.78 Å². The van der Waals surface area contributed by atoms with Crippen LogP contribution in [0.2, 0.25) is 5.02 Å². The molecule has 0 spiro atoms. The fourth-order valence-electron chi connectivity index (χ4n) is 3.88. The van der Waals surface area contributed by atoms with E-state index in [0.717, 1.165) is 52.2 Å². The van der Waals surface area contributed by atoms with Crippen LogP contribution in [0.5, 0.6) is 5.75 Å². The van der Waals surface area contributed by atoms with Crippen molar-refractivity contribution < 1.29 is 9.53 Å². The Labute approximate surface area is 198 Å². The van der Waals surface area contributed by atoms with Crippen molar-refractivity contribution >= 4 is 29.1 Å². The lowest BCUT2D eigenvalue weighted by molar-refractivity contribution is 0.0755. The molecule has 0 radical (unpaired) electrons. The second-order valence-electron chi connectivity index (χ2n) is 7.81. The molecule has 1 aliphatic rings. The van der Waals surface area contributed by atoms with Crippen molar-refractivity contribution in [3.8, 4) is 5.75 Å². The smallest absolute Gasteiger partial charge is 0.182 e. The summed E-state index contributed by atoms with van der Waals surface area (Å²) in [5, 5.41) is 4.12. The molecule has 0 saturated carbocycles. The Morgan fingerprint density at radius 3 is 2.53 bits per heavy atom. The van der Waals surface area contributed by atoms with Crippen molar-refractivity contribution in [2.45, 2.75) is 23.2 Å². The summed E-state index contributed by atoms with van der Waals surface area (Å²) in [5.74, 6) is 1.81. The Bertz CT molecular complexity index is 1040. The minimum Gasteiger partial charge on any atom is -0.497 e. The fraction of sp³-hybridized carbons (Fsp3) is 0.269. The number of halogens is 1. The van der Waals surface area contributed by atoms with E-state index in [4.69, 9.17) is 16.3 Å². The van der Waals surface area contributed by atoms with E-state index in [9.17, 15) is 4.79 Å². The fourth-order valence-corrected chi connectivity index (χ4v) is 5.02. The summed E-state index contributed by atoms with van der Waals surface area (Å²) in [4.78, 5) is 16.9. The molecule has 0 bridgehead atoms. The zero-order valence-corrected chi connectivity index (χ0v) is 19.7. The molecule has 1 N–H and O–H groups in total. The third-order valence-electron chi connectivity index (χ3n) is 5.66. The number of Topliss-reactive ketones (excluding diaryl/α,β-unsaturated/α-hetero) is 1. The van der Waals surface area contributed by atoms with Crippen LogP contribution in [0.25, 0.3) is 0 Å². The number of nitrogens with zero attached hydrogens (tertiary/aromatic N) is 1. The molecule has 1 unspecified atom stereocenters. The number of nitrogens with one attached hydrogen (secondary N) is 1. The number of carbonyl (C=O) groups excluding carboxylic acids is 1. The summed E-state index contributed by atoms with van der Waals surface area (Å²) < 4.78 is 5.24. The largest absolute Gasteiger partial charge is 0.497 e. The van der Waals surface area contributed by atoms with E-state index < -0.39 is 0 Å². The van der Waals surface area contributed by atoms with E-state index in [2.05, 4.69) is 22.3 Å². The van der Waals surface area contributed by atoms with Gasteiger partial charge in [0.25, 0.3) is 0 Å². The van der Waals surface area contributed by atoms with Gasteiger partial charge in [-0.1, -0.05) is 54.1 Å². The van der Waals surface area contributed by atoms with Gasteiger partial charge in [-0.15, -0.1) is 11.8 Å². The number of thioether (sulfide) groups is 1. The normalized spacial score (nSPS) is 16.6. The van der Waals surface area contributed by atoms with Crippen LogP contribution >= 0.6 is 23.4 Å².